The molecule has 1 aromatic carbocycles. The molecule has 0 aliphatic rings. The zero-order chi connectivity index (χ0) is 16.4. The summed E-state index contributed by atoms with van der Waals surface area (Å²) in [6.45, 7) is 2.18. The van der Waals surface area contributed by atoms with E-state index in [1.165, 1.54) is 18.6 Å². The Labute approximate surface area is 136 Å². The number of hydrogen-bond acceptors (Lipinski definition) is 6. The summed E-state index contributed by atoms with van der Waals surface area (Å²) in [4.78, 5) is 12.3. The Hall–Kier alpha value is -2.74. The summed E-state index contributed by atoms with van der Waals surface area (Å²) in [5.41, 5.74) is 2.38. The maximum atomic E-state index is 11.4. The molecule has 2 aromatic heterocycles. The van der Waals surface area contributed by atoms with E-state index in [2.05, 4.69) is 14.7 Å². The molecule has 8 heteroatoms. The Morgan fingerprint density at radius 1 is 1.43 bits per heavy atom. The predicted octanol–water partition coefficient (Wildman–Crippen LogP) is 2.47. The molecule has 23 heavy (non-hydrogen) atoms. The molecule has 0 radical (unpaired) electrons. The zero-order valence-corrected chi connectivity index (χ0v) is 13.4. The van der Waals surface area contributed by atoms with Crippen LogP contribution in [-0.2, 0) is 6.54 Å². The lowest BCUT2D eigenvalue weighted by Crippen LogP contribution is -2.09. The minimum absolute atomic E-state index is 0.190. The van der Waals surface area contributed by atoms with Crippen molar-refractivity contribution < 1.29 is 14.6 Å². The number of carboxylic acids is 1. The molecule has 0 amide bonds. The van der Waals surface area contributed by atoms with Crippen LogP contribution in [0.5, 0.6) is 5.75 Å². The predicted molar refractivity (Wildman–Crippen MR) is 84.9 cm³/mol. The normalized spacial score (nSPS) is 10.7. The number of aromatic carboxylic acids is 1. The second-order valence-electron chi connectivity index (χ2n) is 4.93. The standard InChI is InChI=1S/C15H14N4O3S/c1-9-6-14(23-17-9)12-8-19(18-16-12)7-11-10(15(20)21)4-3-5-13(11)22-2/h3-6,8H,7H2,1-2H3,(H,20,21). The van der Waals surface area contributed by atoms with Crippen molar-refractivity contribution in [3.05, 3.63) is 47.3 Å². The van der Waals surface area contributed by atoms with Crippen molar-refractivity contribution in [1.29, 1.82) is 0 Å². The fraction of sp³-hybridized carbons (Fsp3) is 0.200. The summed E-state index contributed by atoms with van der Waals surface area (Å²) in [6.07, 6.45) is 1.77. The van der Waals surface area contributed by atoms with E-state index in [4.69, 9.17) is 4.74 Å². The average Bonchev–Trinajstić information content (AvgIpc) is 3.16. The maximum absolute atomic E-state index is 11.4. The van der Waals surface area contributed by atoms with Gasteiger partial charge in [0.05, 0.1) is 36.0 Å². The first-order valence-corrected chi connectivity index (χ1v) is 7.59. The molecule has 0 spiro atoms. The van der Waals surface area contributed by atoms with Crippen LogP contribution in [0.1, 0.15) is 21.6 Å². The van der Waals surface area contributed by atoms with Gasteiger partial charge in [0.1, 0.15) is 11.4 Å². The first kappa shape index (κ1) is 15.2. The van der Waals surface area contributed by atoms with Gasteiger partial charge in [-0.2, -0.15) is 4.37 Å². The monoisotopic (exact) mass is 330 g/mol. The van der Waals surface area contributed by atoms with E-state index in [9.17, 15) is 9.90 Å². The van der Waals surface area contributed by atoms with Crippen molar-refractivity contribution in [2.24, 2.45) is 0 Å². The van der Waals surface area contributed by atoms with E-state index < -0.39 is 5.97 Å². The van der Waals surface area contributed by atoms with E-state index in [1.807, 2.05) is 13.0 Å². The molecule has 3 rings (SSSR count). The first-order chi connectivity index (χ1) is 11.1. The van der Waals surface area contributed by atoms with E-state index in [1.54, 1.807) is 29.1 Å². The highest BCUT2D eigenvalue weighted by Crippen LogP contribution is 2.25. The van der Waals surface area contributed by atoms with Crippen LogP contribution >= 0.6 is 11.5 Å². The van der Waals surface area contributed by atoms with Crippen LogP contribution < -0.4 is 4.74 Å². The van der Waals surface area contributed by atoms with Gasteiger partial charge >= 0.3 is 5.97 Å². The SMILES string of the molecule is COc1cccc(C(=O)O)c1Cn1cc(-c2cc(C)ns2)nn1. The molecule has 2 heterocycles. The topological polar surface area (TPSA) is 90.1 Å². The van der Waals surface area contributed by atoms with Crippen LogP contribution in [0.25, 0.3) is 10.6 Å². The third-order valence-electron chi connectivity index (χ3n) is 3.32. The number of hydrogen-bond donors (Lipinski definition) is 1. The third kappa shape index (κ3) is 3.07. The first-order valence-electron chi connectivity index (χ1n) is 6.81. The van der Waals surface area contributed by atoms with E-state index in [-0.39, 0.29) is 12.1 Å². The second kappa shape index (κ2) is 6.17. The number of aryl methyl sites for hydroxylation is 1. The van der Waals surface area contributed by atoms with Crippen molar-refractivity contribution in [1.82, 2.24) is 19.4 Å². The second-order valence-corrected chi connectivity index (χ2v) is 5.73. The van der Waals surface area contributed by atoms with Gasteiger partial charge in [-0.05, 0) is 36.7 Å². The highest BCUT2D eigenvalue weighted by Gasteiger charge is 2.16. The molecule has 3 aromatic rings. The number of benzene rings is 1. The summed E-state index contributed by atoms with van der Waals surface area (Å²) in [5, 5.41) is 17.5. The Kier molecular flexibility index (Phi) is 4.07. The summed E-state index contributed by atoms with van der Waals surface area (Å²) < 4.78 is 11.1. The minimum Gasteiger partial charge on any atom is -0.496 e. The number of aromatic nitrogens is 4. The molecular weight excluding hydrogens is 316 g/mol. The van der Waals surface area contributed by atoms with Gasteiger partial charge in [-0.15, -0.1) is 5.10 Å². The van der Waals surface area contributed by atoms with Crippen LogP contribution in [0, 0.1) is 6.92 Å². The van der Waals surface area contributed by atoms with Crippen LogP contribution in [0.15, 0.2) is 30.5 Å². The van der Waals surface area contributed by atoms with Gasteiger partial charge in [0.2, 0.25) is 0 Å². The number of methoxy groups -OCH3 is 1. The maximum Gasteiger partial charge on any atom is 0.336 e. The van der Waals surface area contributed by atoms with E-state index in [0.717, 1.165) is 10.6 Å². The van der Waals surface area contributed by atoms with Gasteiger partial charge < -0.3 is 9.84 Å². The third-order valence-corrected chi connectivity index (χ3v) is 4.23. The number of rotatable bonds is 5. The number of carbonyl (C=O) groups is 1. The van der Waals surface area contributed by atoms with Gasteiger partial charge in [0, 0.05) is 5.56 Å². The lowest BCUT2D eigenvalue weighted by Gasteiger charge is -2.11. The molecule has 0 aliphatic carbocycles. The van der Waals surface area contributed by atoms with E-state index in [0.29, 0.717) is 17.0 Å². The lowest BCUT2D eigenvalue weighted by atomic mass is 10.1. The van der Waals surface area contributed by atoms with Crippen molar-refractivity contribution in [2.45, 2.75) is 13.5 Å². The molecule has 0 atom stereocenters. The van der Waals surface area contributed by atoms with Crippen LogP contribution in [0.4, 0.5) is 0 Å². The van der Waals surface area contributed by atoms with Crippen molar-refractivity contribution >= 4 is 17.5 Å². The van der Waals surface area contributed by atoms with Gasteiger partial charge in [-0.25, -0.2) is 9.48 Å². The van der Waals surface area contributed by atoms with Crippen LogP contribution in [0.2, 0.25) is 0 Å². The quantitative estimate of drug-likeness (QED) is 0.773. The molecule has 7 nitrogen and oxygen atoms in total. The number of nitrogens with zero attached hydrogens (tertiary/aromatic N) is 4. The average molecular weight is 330 g/mol. The summed E-state index contributed by atoms with van der Waals surface area (Å²) in [6, 6.07) is 6.86. The largest absolute Gasteiger partial charge is 0.496 e. The van der Waals surface area contributed by atoms with Gasteiger partial charge in [0.15, 0.2) is 0 Å². The van der Waals surface area contributed by atoms with Crippen molar-refractivity contribution in [3.8, 4) is 16.3 Å². The summed E-state index contributed by atoms with van der Waals surface area (Å²) in [7, 11) is 1.51. The summed E-state index contributed by atoms with van der Waals surface area (Å²) in [5.74, 6) is -0.493. The molecule has 0 bridgehead atoms. The van der Waals surface area contributed by atoms with Gasteiger partial charge in [0.25, 0.3) is 0 Å². The van der Waals surface area contributed by atoms with Gasteiger partial charge in [-0.1, -0.05) is 11.3 Å². The van der Waals surface area contributed by atoms with Crippen LogP contribution in [-0.4, -0.2) is 37.6 Å². The smallest absolute Gasteiger partial charge is 0.336 e. The molecule has 0 saturated heterocycles. The fourth-order valence-corrected chi connectivity index (χ4v) is 2.96. The molecule has 0 aliphatic heterocycles. The van der Waals surface area contributed by atoms with Crippen molar-refractivity contribution in [3.63, 3.8) is 0 Å². The summed E-state index contributed by atoms with van der Waals surface area (Å²) >= 11 is 1.35. The highest BCUT2D eigenvalue weighted by molar-refractivity contribution is 7.09. The zero-order valence-electron chi connectivity index (χ0n) is 12.6. The number of ether oxygens (including phenoxy) is 1. The Morgan fingerprint density at radius 3 is 2.91 bits per heavy atom. The Morgan fingerprint density at radius 2 is 2.26 bits per heavy atom. The molecule has 0 saturated carbocycles. The molecule has 0 unspecified atom stereocenters. The Bertz CT molecular complexity index is 856. The van der Waals surface area contributed by atoms with Crippen molar-refractivity contribution in [2.75, 3.05) is 7.11 Å². The lowest BCUT2D eigenvalue weighted by molar-refractivity contribution is 0.0695. The molecular formula is C15H14N4O3S. The molecule has 118 valence electrons. The highest BCUT2D eigenvalue weighted by atomic mass is 32.1. The van der Waals surface area contributed by atoms with E-state index >= 15 is 0 Å². The van der Waals surface area contributed by atoms with Gasteiger partial charge in [-0.3, -0.25) is 0 Å². The fourth-order valence-electron chi connectivity index (χ4n) is 2.26. The molecule has 0 fully saturated rings. The molecule has 1 N–H and O–H groups in total. The minimum atomic E-state index is -1.00. The van der Waals surface area contributed by atoms with Crippen LogP contribution in [0.3, 0.4) is 0 Å². The number of carboxylic acid groups (broad SMARTS) is 1. The Balaban J connectivity index is 1.94.